The van der Waals surface area contributed by atoms with Crippen LogP contribution in [0.2, 0.25) is 0 Å². The Bertz CT molecular complexity index is 451. The highest BCUT2D eigenvalue weighted by Gasteiger charge is 2.05. The Balaban J connectivity index is 2.54. The van der Waals surface area contributed by atoms with Gasteiger partial charge in [0, 0.05) is 18.5 Å². The number of halogens is 1. The number of Topliss-reactive ketones (excluding diaryl/α,β-unsaturated/α-hetero) is 1. The van der Waals surface area contributed by atoms with Gasteiger partial charge in [-0.2, -0.15) is 5.10 Å². The molecule has 0 fully saturated rings. The number of carbonyl (C=O) groups excluding carboxylic acids is 1. The van der Waals surface area contributed by atoms with E-state index in [1.54, 1.807) is 23.0 Å². The topological polar surface area (TPSA) is 47.3 Å². The van der Waals surface area contributed by atoms with E-state index in [-0.39, 0.29) is 11.7 Å². The lowest BCUT2D eigenvalue weighted by molar-refractivity contribution is 0.102. The maximum Gasteiger partial charge on any atom is 0.180 e. The van der Waals surface area contributed by atoms with Gasteiger partial charge < -0.3 is 0 Å². The van der Waals surface area contributed by atoms with Gasteiger partial charge in [-0.05, 0) is 0 Å². The Morgan fingerprint density at radius 3 is 3.23 bits per heavy atom. The Morgan fingerprint density at radius 1 is 1.62 bits per heavy atom. The van der Waals surface area contributed by atoms with Crippen LogP contribution in [-0.2, 0) is 0 Å². The first-order chi connectivity index (χ1) is 6.31. The molecule has 4 nitrogen and oxygen atoms in total. The molecule has 0 aromatic carbocycles. The van der Waals surface area contributed by atoms with E-state index in [1.165, 1.54) is 6.20 Å². The molecule has 5 heteroatoms. The molecule has 0 aliphatic heterocycles. The SMILES string of the molecule is O=C(CCl)c1cnc2ccnn2c1. The van der Waals surface area contributed by atoms with E-state index >= 15 is 0 Å². The van der Waals surface area contributed by atoms with Gasteiger partial charge in [0.25, 0.3) is 0 Å². The molecule has 13 heavy (non-hydrogen) atoms. The lowest BCUT2D eigenvalue weighted by atomic mass is 10.2. The molecule has 0 aliphatic carbocycles. The number of aromatic nitrogens is 3. The highest BCUT2D eigenvalue weighted by Crippen LogP contribution is 2.03. The Morgan fingerprint density at radius 2 is 2.46 bits per heavy atom. The van der Waals surface area contributed by atoms with Crippen LogP contribution in [0.1, 0.15) is 10.4 Å². The quantitative estimate of drug-likeness (QED) is 0.534. The maximum atomic E-state index is 11.2. The molecule has 0 unspecified atom stereocenters. The summed E-state index contributed by atoms with van der Waals surface area (Å²) >= 11 is 5.40. The van der Waals surface area contributed by atoms with Crippen LogP contribution in [-0.4, -0.2) is 26.3 Å². The van der Waals surface area contributed by atoms with Crippen molar-refractivity contribution in [3.05, 3.63) is 30.2 Å². The number of ketones is 1. The molecule has 2 aromatic rings. The van der Waals surface area contributed by atoms with E-state index in [2.05, 4.69) is 10.1 Å². The van der Waals surface area contributed by atoms with Crippen molar-refractivity contribution < 1.29 is 4.79 Å². The zero-order chi connectivity index (χ0) is 9.26. The number of carbonyl (C=O) groups is 1. The molecule has 0 saturated heterocycles. The summed E-state index contributed by atoms with van der Waals surface area (Å²) in [5.74, 6) is -0.180. The summed E-state index contributed by atoms with van der Waals surface area (Å²) in [5, 5.41) is 3.95. The smallest absolute Gasteiger partial charge is 0.180 e. The van der Waals surface area contributed by atoms with Crippen LogP contribution < -0.4 is 0 Å². The van der Waals surface area contributed by atoms with Crippen molar-refractivity contribution >= 4 is 23.0 Å². The molecule has 0 atom stereocenters. The van der Waals surface area contributed by atoms with E-state index in [0.29, 0.717) is 11.2 Å². The fourth-order valence-corrected chi connectivity index (χ4v) is 1.19. The van der Waals surface area contributed by atoms with Crippen molar-refractivity contribution in [1.82, 2.24) is 14.6 Å². The number of nitrogens with zero attached hydrogens (tertiary/aromatic N) is 3. The van der Waals surface area contributed by atoms with Gasteiger partial charge in [0.2, 0.25) is 0 Å². The zero-order valence-electron chi connectivity index (χ0n) is 6.64. The highest BCUT2D eigenvalue weighted by atomic mass is 35.5. The summed E-state index contributed by atoms with van der Waals surface area (Å²) in [4.78, 5) is 15.2. The van der Waals surface area contributed by atoms with Gasteiger partial charge in [-0.15, -0.1) is 11.6 Å². The van der Waals surface area contributed by atoms with Gasteiger partial charge in [-0.1, -0.05) is 0 Å². The van der Waals surface area contributed by atoms with E-state index < -0.39 is 0 Å². The molecule has 2 rings (SSSR count). The summed E-state index contributed by atoms with van der Waals surface area (Å²) < 4.78 is 1.54. The second kappa shape index (κ2) is 3.14. The van der Waals surface area contributed by atoms with Crippen LogP contribution in [0.25, 0.3) is 5.65 Å². The summed E-state index contributed by atoms with van der Waals surface area (Å²) in [5.41, 5.74) is 1.19. The molecule has 0 bridgehead atoms. The lowest BCUT2D eigenvalue weighted by Crippen LogP contribution is -2.03. The van der Waals surface area contributed by atoms with Crippen LogP contribution in [0.5, 0.6) is 0 Å². The Kier molecular flexibility index (Phi) is 1.98. The fraction of sp³-hybridized carbons (Fsp3) is 0.125. The van der Waals surface area contributed by atoms with Crippen LogP contribution in [0, 0.1) is 0 Å². The second-order valence-corrected chi connectivity index (χ2v) is 2.80. The van der Waals surface area contributed by atoms with E-state index in [9.17, 15) is 4.79 Å². The van der Waals surface area contributed by atoms with Gasteiger partial charge in [0.15, 0.2) is 11.4 Å². The average Bonchev–Trinajstić information content (AvgIpc) is 2.63. The molecule has 0 spiro atoms. The minimum Gasteiger partial charge on any atom is -0.293 e. The van der Waals surface area contributed by atoms with Crippen LogP contribution in [0.4, 0.5) is 0 Å². The van der Waals surface area contributed by atoms with Crippen molar-refractivity contribution in [3.8, 4) is 0 Å². The number of hydrogen-bond acceptors (Lipinski definition) is 3. The molecule has 0 amide bonds. The normalized spacial score (nSPS) is 10.5. The van der Waals surface area contributed by atoms with Crippen LogP contribution in [0.15, 0.2) is 24.7 Å². The number of fused-ring (bicyclic) bond motifs is 1. The summed E-state index contributed by atoms with van der Waals surface area (Å²) in [6.07, 6.45) is 4.74. The first-order valence-electron chi connectivity index (χ1n) is 3.70. The summed E-state index contributed by atoms with van der Waals surface area (Å²) in [6.45, 7) is 0. The van der Waals surface area contributed by atoms with Gasteiger partial charge in [0.05, 0.1) is 17.6 Å². The predicted octanol–water partition coefficient (Wildman–Crippen LogP) is 1.15. The minimum atomic E-state index is -0.147. The predicted molar refractivity (Wildman–Crippen MR) is 48.0 cm³/mol. The van der Waals surface area contributed by atoms with Crippen molar-refractivity contribution in [1.29, 1.82) is 0 Å². The van der Waals surface area contributed by atoms with Gasteiger partial charge >= 0.3 is 0 Å². The zero-order valence-corrected chi connectivity index (χ0v) is 7.40. The minimum absolute atomic E-state index is 0.0333. The molecule has 0 N–H and O–H groups in total. The number of alkyl halides is 1. The van der Waals surface area contributed by atoms with Crippen molar-refractivity contribution in [3.63, 3.8) is 0 Å². The molecule has 0 aliphatic rings. The maximum absolute atomic E-state index is 11.2. The van der Waals surface area contributed by atoms with Gasteiger partial charge in [-0.25, -0.2) is 9.50 Å². The molecule has 2 aromatic heterocycles. The molecular formula is C8H6ClN3O. The first kappa shape index (κ1) is 8.19. The largest absolute Gasteiger partial charge is 0.293 e. The summed E-state index contributed by atoms with van der Waals surface area (Å²) in [7, 11) is 0. The molecule has 0 saturated carbocycles. The third-order valence-electron chi connectivity index (χ3n) is 1.69. The van der Waals surface area contributed by atoms with Crippen molar-refractivity contribution in [2.45, 2.75) is 0 Å². The fourth-order valence-electron chi connectivity index (χ4n) is 1.03. The van der Waals surface area contributed by atoms with Crippen LogP contribution in [0.3, 0.4) is 0 Å². The van der Waals surface area contributed by atoms with Gasteiger partial charge in [0.1, 0.15) is 0 Å². The lowest BCUT2D eigenvalue weighted by Gasteiger charge is -1.96. The Hall–Kier alpha value is -1.42. The first-order valence-corrected chi connectivity index (χ1v) is 4.23. The average molecular weight is 196 g/mol. The number of rotatable bonds is 2. The second-order valence-electron chi connectivity index (χ2n) is 2.53. The summed E-state index contributed by atoms with van der Waals surface area (Å²) in [6, 6.07) is 1.76. The van der Waals surface area contributed by atoms with Gasteiger partial charge in [-0.3, -0.25) is 4.79 Å². The highest BCUT2D eigenvalue weighted by molar-refractivity contribution is 6.30. The van der Waals surface area contributed by atoms with Crippen LogP contribution >= 0.6 is 11.6 Å². The molecule has 66 valence electrons. The van der Waals surface area contributed by atoms with E-state index in [1.807, 2.05) is 0 Å². The number of hydrogen-bond donors (Lipinski definition) is 0. The standard InChI is InChI=1S/C8H6ClN3O/c9-3-7(13)6-4-10-8-1-2-11-12(8)5-6/h1-2,4-5H,3H2. The van der Waals surface area contributed by atoms with Crippen molar-refractivity contribution in [2.75, 3.05) is 5.88 Å². The monoisotopic (exact) mass is 195 g/mol. The van der Waals surface area contributed by atoms with Crippen molar-refractivity contribution in [2.24, 2.45) is 0 Å². The van der Waals surface area contributed by atoms with E-state index in [4.69, 9.17) is 11.6 Å². The van der Waals surface area contributed by atoms with E-state index in [0.717, 1.165) is 0 Å². The molecule has 2 heterocycles. The molecule has 0 radical (unpaired) electrons. The Labute approximate surface area is 79.2 Å². The molecular weight excluding hydrogens is 190 g/mol. The third-order valence-corrected chi connectivity index (χ3v) is 1.93. The third kappa shape index (κ3) is 1.40.